The molecule has 1 fully saturated rings. The van der Waals surface area contributed by atoms with Gasteiger partial charge in [-0.1, -0.05) is 0 Å². The third-order valence-electron chi connectivity index (χ3n) is 3.36. The first-order valence-electron chi connectivity index (χ1n) is 7.31. The molecule has 120 valence electrons. The highest BCUT2D eigenvalue weighted by atomic mass is 16.5. The fourth-order valence-electron chi connectivity index (χ4n) is 2.15. The van der Waals surface area contributed by atoms with Crippen molar-refractivity contribution in [3.8, 4) is 0 Å². The smallest absolute Gasteiger partial charge is 0.255 e. The van der Waals surface area contributed by atoms with Crippen molar-refractivity contribution in [3.05, 3.63) is 29.6 Å². The largest absolute Gasteiger partial charge is 0.385 e. The molecular formula is C15H21N3O4. The van der Waals surface area contributed by atoms with Gasteiger partial charge in [-0.2, -0.15) is 0 Å². The summed E-state index contributed by atoms with van der Waals surface area (Å²) in [6.07, 6.45) is 3.68. The maximum atomic E-state index is 12.4. The Bertz CT molecular complexity index is 515. The second-order valence-electron chi connectivity index (χ2n) is 4.97. The molecule has 0 spiro atoms. The molecule has 7 heteroatoms. The lowest BCUT2D eigenvalue weighted by molar-refractivity contribution is 0.0302. The quantitative estimate of drug-likeness (QED) is 0.766. The number of carbonyl (C=O) groups is 2. The molecule has 0 aliphatic carbocycles. The Kier molecular flexibility index (Phi) is 6.29. The maximum absolute atomic E-state index is 12.4. The molecule has 7 nitrogen and oxygen atoms in total. The minimum absolute atomic E-state index is 0.121. The van der Waals surface area contributed by atoms with Crippen LogP contribution in [-0.4, -0.2) is 68.3 Å². The monoisotopic (exact) mass is 307 g/mol. The fraction of sp³-hybridized carbons (Fsp3) is 0.533. The number of carbonyl (C=O) groups excluding carboxylic acids is 2. The van der Waals surface area contributed by atoms with Crippen LogP contribution < -0.4 is 5.32 Å². The molecule has 1 aliphatic rings. The number of aromatic nitrogens is 1. The van der Waals surface area contributed by atoms with Gasteiger partial charge in [0, 0.05) is 45.7 Å². The zero-order valence-electron chi connectivity index (χ0n) is 12.7. The molecule has 1 saturated heterocycles. The van der Waals surface area contributed by atoms with Crippen molar-refractivity contribution < 1.29 is 19.1 Å². The van der Waals surface area contributed by atoms with Gasteiger partial charge in [0.25, 0.3) is 11.8 Å². The van der Waals surface area contributed by atoms with Gasteiger partial charge in [0.05, 0.1) is 24.3 Å². The van der Waals surface area contributed by atoms with Crippen molar-refractivity contribution in [2.75, 3.05) is 46.6 Å². The van der Waals surface area contributed by atoms with Gasteiger partial charge in [0.15, 0.2) is 0 Å². The molecule has 1 aromatic rings. The van der Waals surface area contributed by atoms with Gasteiger partial charge < -0.3 is 19.7 Å². The van der Waals surface area contributed by atoms with Crippen molar-refractivity contribution in [3.63, 3.8) is 0 Å². The Balaban J connectivity index is 1.96. The Morgan fingerprint density at radius 2 is 2.05 bits per heavy atom. The molecule has 0 unspecified atom stereocenters. The van der Waals surface area contributed by atoms with Crippen LogP contribution in [0.3, 0.4) is 0 Å². The fourth-order valence-corrected chi connectivity index (χ4v) is 2.15. The number of hydrogen-bond donors (Lipinski definition) is 1. The lowest BCUT2D eigenvalue weighted by Crippen LogP contribution is -2.40. The van der Waals surface area contributed by atoms with Gasteiger partial charge >= 0.3 is 0 Å². The van der Waals surface area contributed by atoms with Gasteiger partial charge in [-0.05, 0) is 12.5 Å². The van der Waals surface area contributed by atoms with Crippen molar-refractivity contribution in [2.24, 2.45) is 0 Å². The number of ether oxygens (including phenoxy) is 2. The number of rotatable bonds is 6. The Labute approximate surface area is 129 Å². The number of hydrogen-bond acceptors (Lipinski definition) is 5. The summed E-state index contributed by atoms with van der Waals surface area (Å²) in [4.78, 5) is 30.1. The number of morpholine rings is 1. The molecule has 0 atom stereocenters. The van der Waals surface area contributed by atoms with Crippen LogP contribution in [0, 0.1) is 0 Å². The van der Waals surface area contributed by atoms with E-state index >= 15 is 0 Å². The summed E-state index contributed by atoms with van der Waals surface area (Å²) < 4.78 is 10.2. The third-order valence-corrected chi connectivity index (χ3v) is 3.36. The summed E-state index contributed by atoms with van der Waals surface area (Å²) in [5.41, 5.74) is 0.808. The number of methoxy groups -OCH3 is 1. The van der Waals surface area contributed by atoms with Crippen molar-refractivity contribution in [1.82, 2.24) is 15.2 Å². The second kappa shape index (κ2) is 8.45. The van der Waals surface area contributed by atoms with Crippen LogP contribution in [0.1, 0.15) is 27.1 Å². The normalized spacial score (nSPS) is 14.7. The minimum atomic E-state index is -0.236. The summed E-state index contributed by atoms with van der Waals surface area (Å²) in [6.45, 7) is 3.32. The Morgan fingerprint density at radius 3 is 2.77 bits per heavy atom. The Morgan fingerprint density at radius 1 is 1.32 bits per heavy atom. The first-order valence-corrected chi connectivity index (χ1v) is 7.31. The van der Waals surface area contributed by atoms with E-state index in [2.05, 4.69) is 10.3 Å². The maximum Gasteiger partial charge on any atom is 0.255 e. The van der Waals surface area contributed by atoms with E-state index in [0.717, 1.165) is 6.42 Å². The van der Waals surface area contributed by atoms with Crippen LogP contribution in [0.15, 0.2) is 18.5 Å². The highest BCUT2D eigenvalue weighted by Crippen LogP contribution is 2.09. The zero-order chi connectivity index (χ0) is 15.8. The van der Waals surface area contributed by atoms with Crippen LogP contribution in [0.25, 0.3) is 0 Å². The molecule has 0 aromatic carbocycles. The zero-order valence-corrected chi connectivity index (χ0v) is 12.7. The molecule has 1 N–H and O–H groups in total. The van der Waals surface area contributed by atoms with Crippen LogP contribution in [0.5, 0.6) is 0 Å². The average molecular weight is 307 g/mol. The van der Waals surface area contributed by atoms with E-state index in [1.807, 2.05) is 0 Å². The second-order valence-corrected chi connectivity index (χ2v) is 4.97. The number of amides is 2. The number of nitrogens with one attached hydrogen (secondary N) is 1. The summed E-state index contributed by atoms with van der Waals surface area (Å²) in [6, 6.07) is 1.58. The Hall–Kier alpha value is -1.99. The summed E-state index contributed by atoms with van der Waals surface area (Å²) in [7, 11) is 1.62. The SMILES string of the molecule is COCCCNC(=O)c1cncc(C(=O)N2CCOCC2)c1. The van der Waals surface area contributed by atoms with E-state index in [1.165, 1.54) is 12.4 Å². The average Bonchev–Trinajstić information content (AvgIpc) is 2.59. The topological polar surface area (TPSA) is 80.8 Å². The molecule has 1 aromatic heterocycles. The predicted octanol–water partition coefficient (Wildman–Crippen LogP) is 0.320. The molecule has 1 aliphatic heterocycles. The van der Waals surface area contributed by atoms with Gasteiger partial charge in [-0.15, -0.1) is 0 Å². The van der Waals surface area contributed by atoms with E-state index in [4.69, 9.17) is 9.47 Å². The molecule has 2 rings (SSSR count). The first-order chi connectivity index (χ1) is 10.7. The first kappa shape index (κ1) is 16.4. The number of pyridine rings is 1. The predicted molar refractivity (Wildman–Crippen MR) is 79.8 cm³/mol. The third kappa shape index (κ3) is 4.51. The highest BCUT2D eigenvalue weighted by molar-refractivity contribution is 5.99. The van der Waals surface area contributed by atoms with E-state index in [1.54, 1.807) is 18.1 Å². The highest BCUT2D eigenvalue weighted by Gasteiger charge is 2.19. The van der Waals surface area contributed by atoms with Gasteiger partial charge in [0.2, 0.25) is 0 Å². The van der Waals surface area contributed by atoms with Gasteiger partial charge in [-0.3, -0.25) is 14.6 Å². The van der Waals surface area contributed by atoms with Gasteiger partial charge in [-0.25, -0.2) is 0 Å². The summed E-state index contributed by atoms with van der Waals surface area (Å²) >= 11 is 0. The van der Waals surface area contributed by atoms with E-state index in [9.17, 15) is 9.59 Å². The standard InChI is InChI=1S/C15H21N3O4/c1-21-6-2-3-17-14(19)12-9-13(11-16-10-12)15(20)18-4-7-22-8-5-18/h9-11H,2-8H2,1H3,(H,17,19). The van der Waals surface area contributed by atoms with Crippen molar-refractivity contribution in [1.29, 1.82) is 0 Å². The van der Waals surface area contributed by atoms with E-state index in [0.29, 0.717) is 50.6 Å². The van der Waals surface area contributed by atoms with Crippen LogP contribution >= 0.6 is 0 Å². The molecule has 0 bridgehead atoms. The van der Waals surface area contributed by atoms with Crippen molar-refractivity contribution in [2.45, 2.75) is 6.42 Å². The molecule has 2 amide bonds. The molecule has 22 heavy (non-hydrogen) atoms. The van der Waals surface area contributed by atoms with Crippen LogP contribution in [-0.2, 0) is 9.47 Å². The molecule has 0 saturated carbocycles. The van der Waals surface area contributed by atoms with Crippen LogP contribution in [0.2, 0.25) is 0 Å². The molecule has 0 radical (unpaired) electrons. The molecular weight excluding hydrogens is 286 g/mol. The lowest BCUT2D eigenvalue weighted by atomic mass is 10.1. The van der Waals surface area contributed by atoms with Gasteiger partial charge in [0.1, 0.15) is 0 Å². The minimum Gasteiger partial charge on any atom is -0.385 e. The van der Waals surface area contributed by atoms with E-state index in [-0.39, 0.29) is 11.8 Å². The summed E-state index contributed by atoms with van der Waals surface area (Å²) in [5, 5.41) is 2.78. The van der Waals surface area contributed by atoms with Crippen LogP contribution in [0.4, 0.5) is 0 Å². The van der Waals surface area contributed by atoms with E-state index < -0.39 is 0 Å². The lowest BCUT2D eigenvalue weighted by Gasteiger charge is -2.26. The molecule has 2 heterocycles. The number of nitrogens with zero attached hydrogens (tertiary/aromatic N) is 2. The summed E-state index contributed by atoms with van der Waals surface area (Å²) in [5.74, 6) is -0.356. The van der Waals surface area contributed by atoms with Crippen molar-refractivity contribution >= 4 is 11.8 Å².